The van der Waals surface area contributed by atoms with Crippen LogP contribution in [0.4, 0.5) is 10.5 Å². The van der Waals surface area contributed by atoms with Gasteiger partial charge in [-0.3, -0.25) is 9.59 Å². The maximum Gasteiger partial charge on any atom is 0.317 e. The van der Waals surface area contributed by atoms with Crippen molar-refractivity contribution in [3.8, 4) is 0 Å². The van der Waals surface area contributed by atoms with Crippen molar-refractivity contribution >= 4 is 23.5 Å². The van der Waals surface area contributed by atoms with E-state index in [0.29, 0.717) is 51.3 Å². The summed E-state index contributed by atoms with van der Waals surface area (Å²) in [7, 11) is 0. The Kier molecular flexibility index (Phi) is 5.21. The highest BCUT2D eigenvalue weighted by atomic mass is 16.2. The number of anilines is 1. The van der Waals surface area contributed by atoms with Gasteiger partial charge in [0.2, 0.25) is 5.91 Å². The molecule has 0 spiro atoms. The molecule has 2 heterocycles. The molecule has 4 amide bonds. The maximum absolute atomic E-state index is 12.8. The van der Waals surface area contributed by atoms with Crippen molar-refractivity contribution in [1.82, 2.24) is 15.1 Å². The molecular weight excluding hydrogens is 320 g/mol. The van der Waals surface area contributed by atoms with Crippen molar-refractivity contribution in [2.75, 3.05) is 44.2 Å². The smallest absolute Gasteiger partial charge is 0.317 e. The van der Waals surface area contributed by atoms with Crippen LogP contribution in [0.2, 0.25) is 0 Å². The molecule has 0 aromatic heterocycles. The van der Waals surface area contributed by atoms with Crippen molar-refractivity contribution in [2.24, 2.45) is 0 Å². The van der Waals surface area contributed by atoms with Crippen molar-refractivity contribution in [1.29, 1.82) is 0 Å². The van der Waals surface area contributed by atoms with E-state index in [-0.39, 0.29) is 17.8 Å². The quantitative estimate of drug-likeness (QED) is 0.898. The fraction of sp³-hybridized carbons (Fsp3) is 0.500. The number of benzene rings is 1. The minimum absolute atomic E-state index is 0.0518. The van der Waals surface area contributed by atoms with Gasteiger partial charge in [0, 0.05) is 56.9 Å². The Bertz CT molecular complexity index is 668. The molecule has 0 bridgehead atoms. The van der Waals surface area contributed by atoms with Crippen molar-refractivity contribution in [3.05, 3.63) is 29.8 Å². The zero-order valence-electron chi connectivity index (χ0n) is 14.5. The van der Waals surface area contributed by atoms with E-state index in [1.165, 1.54) is 0 Å². The van der Waals surface area contributed by atoms with E-state index in [2.05, 4.69) is 5.32 Å². The summed E-state index contributed by atoms with van der Waals surface area (Å²) >= 11 is 0. The molecule has 0 radical (unpaired) electrons. The van der Waals surface area contributed by atoms with Crippen molar-refractivity contribution < 1.29 is 14.4 Å². The Morgan fingerprint density at radius 1 is 1.08 bits per heavy atom. The lowest BCUT2D eigenvalue weighted by atomic mass is 10.1. The molecule has 3 rings (SSSR count). The number of urea groups is 1. The van der Waals surface area contributed by atoms with Crippen LogP contribution >= 0.6 is 0 Å². The second kappa shape index (κ2) is 7.55. The third-order valence-electron chi connectivity index (χ3n) is 4.66. The molecule has 0 atom stereocenters. The largest absolute Gasteiger partial charge is 0.338 e. The van der Waals surface area contributed by atoms with E-state index in [1.807, 2.05) is 19.1 Å². The van der Waals surface area contributed by atoms with Gasteiger partial charge in [0.15, 0.2) is 0 Å². The van der Waals surface area contributed by atoms with E-state index in [1.54, 1.807) is 26.8 Å². The Labute approximate surface area is 147 Å². The van der Waals surface area contributed by atoms with Crippen LogP contribution < -0.4 is 10.2 Å². The zero-order valence-corrected chi connectivity index (χ0v) is 14.5. The van der Waals surface area contributed by atoms with Gasteiger partial charge in [0.05, 0.1) is 0 Å². The number of nitrogens with zero attached hydrogens (tertiary/aromatic N) is 3. The predicted octanol–water partition coefficient (Wildman–Crippen LogP) is 1.30. The average Bonchev–Trinajstić information content (AvgIpc) is 3.07. The van der Waals surface area contributed by atoms with Gasteiger partial charge >= 0.3 is 6.03 Å². The number of carbonyl (C=O) groups excluding carboxylic acids is 3. The summed E-state index contributed by atoms with van der Waals surface area (Å²) in [6.07, 6.45) is 1.43. The third-order valence-corrected chi connectivity index (χ3v) is 4.66. The Balaban J connectivity index is 1.64. The van der Waals surface area contributed by atoms with E-state index in [4.69, 9.17) is 0 Å². The van der Waals surface area contributed by atoms with Crippen LogP contribution in [0.15, 0.2) is 24.3 Å². The molecule has 0 unspecified atom stereocenters. The predicted molar refractivity (Wildman–Crippen MR) is 94.6 cm³/mol. The summed E-state index contributed by atoms with van der Waals surface area (Å²) in [5, 5.41) is 2.78. The van der Waals surface area contributed by atoms with Gasteiger partial charge in [-0.05, 0) is 31.5 Å². The number of piperazine rings is 1. The van der Waals surface area contributed by atoms with Gasteiger partial charge in [0.1, 0.15) is 0 Å². The molecule has 1 N–H and O–H groups in total. The van der Waals surface area contributed by atoms with Gasteiger partial charge in [-0.15, -0.1) is 0 Å². The van der Waals surface area contributed by atoms with Crippen LogP contribution in [0.1, 0.15) is 30.1 Å². The molecule has 2 fully saturated rings. The molecule has 134 valence electrons. The fourth-order valence-electron chi connectivity index (χ4n) is 3.29. The van der Waals surface area contributed by atoms with Crippen LogP contribution in [0, 0.1) is 0 Å². The number of carbonyl (C=O) groups is 3. The normalized spacial score (nSPS) is 17.8. The molecule has 0 saturated carbocycles. The van der Waals surface area contributed by atoms with Crippen LogP contribution in [-0.2, 0) is 4.79 Å². The van der Waals surface area contributed by atoms with Crippen LogP contribution in [-0.4, -0.2) is 66.9 Å². The molecule has 0 aliphatic carbocycles. The van der Waals surface area contributed by atoms with Gasteiger partial charge in [0.25, 0.3) is 5.91 Å². The summed E-state index contributed by atoms with van der Waals surface area (Å²) in [4.78, 5) is 41.7. The second-order valence-corrected chi connectivity index (χ2v) is 6.31. The van der Waals surface area contributed by atoms with Crippen LogP contribution in [0.5, 0.6) is 0 Å². The number of amides is 4. The summed E-state index contributed by atoms with van der Waals surface area (Å²) in [5.74, 6) is 0.0594. The Morgan fingerprint density at radius 3 is 2.44 bits per heavy atom. The first-order valence-electron chi connectivity index (χ1n) is 8.82. The first kappa shape index (κ1) is 17.3. The summed E-state index contributed by atoms with van der Waals surface area (Å²) in [5.41, 5.74) is 1.37. The molecular formula is C18H24N4O3. The molecule has 1 aromatic rings. The monoisotopic (exact) mass is 344 g/mol. The van der Waals surface area contributed by atoms with Crippen LogP contribution in [0.25, 0.3) is 0 Å². The lowest BCUT2D eigenvalue weighted by molar-refractivity contribution is -0.117. The highest BCUT2D eigenvalue weighted by Crippen LogP contribution is 2.23. The van der Waals surface area contributed by atoms with Crippen molar-refractivity contribution in [3.63, 3.8) is 0 Å². The number of rotatable bonds is 3. The fourth-order valence-corrected chi connectivity index (χ4v) is 3.29. The van der Waals surface area contributed by atoms with Crippen LogP contribution in [0.3, 0.4) is 0 Å². The summed E-state index contributed by atoms with van der Waals surface area (Å²) in [6, 6.07) is 7.18. The SMILES string of the molecule is CCNC(=O)N1CCN(C(=O)c2cccc(N3CCCC3=O)c2)CC1. The maximum atomic E-state index is 12.8. The van der Waals surface area contributed by atoms with E-state index in [0.717, 1.165) is 12.1 Å². The Hall–Kier alpha value is -2.57. The van der Waals surface area contributed by atoms with Gasteiger partial charge in [-0.2, -0.15) is 0 Å². The molecule has 1 aromatic carbocycles. The van der Waals surface area contributed by atoms with Crippen molar-refractivity contribution in [2.45, 2.75) is 19.8 Å². The summed E-state index contributed by atoms with van der Waals surface area (Å²) in [6.45, 7) is 5.28. The minimum atomic E-state index is -0.0795. The third kappa shape index (κ3) is 3.75. The lowest BCUT2D eigenvalue weighted by Gasteiger charge is -2.34. The number of nitrogens with one attached hydrogen (secondary N) is 1. The average molecular weight is 344 g/mol. The van der Waals surface area contributed by atoms with E-state index < -0.39 is 0 Å². The standard InChI is InChI=1S/C18H24N4O3/c1-2-19-18(25)21-11-9-20(10-12-21)17(24)14-5-3-6-15(13-14)22-8-4-7-16(22)23/h3,5-6,13H,2,4,7-12H2,1H3,(H,19,25). The number of hydrogen-bond acceptors (Lipinski definition) is 3. The zero-order chi connectivity index (χ0) is 17.8. The van der Waals surface area contributed by atoms with Gasteiger partial charge in [-0.25, -0.2) is 4.79 Å². The second-order valence-electron chi connectivity index (χ2n) is 6.31. The highest BCUT2D eigenvalue weighted by Gasteiger charge is 2.26. The molecule has 7 nitrogen and oxygen atoms in total. The molecule has 7 heteroatoms. The minimum Gasteiger partial charge on any atom is -0.338 e. The van der Waals surface area contributed by atoms with Gasteiger partial charge in [-0.1, -0.05) is 6.07 Å². The molecule has 25 heavy (non-hydrogen) atoms. The first-order valence-corrected chi connectivity index (χ1v) is 8.82. The highest BCUT2D eigenvalue weighted by molar-refractivity contribution is 5.99. The molecule has 2 saturated heterocycles. The Morgan fingerprint density at radius 2 is 1.80 bits per heavy atom. The molecule has 2 aliphatic rings. The summed E-state index contributed by atoms with van der Waals surface area (Å²) < 4.78 is 0. The van der Waals surface area contributed by atoms with E-state index >= 15 is 0 Å². The van der Waals surface area contributed by atoms with Gasteiger partial charge < -0.3 is 20.0 Å². The molecule has 2 aliphatic heterocycles. The lowest BCUT2D eigenvalue weighted by Crippen LogP contribution is -2.53. The van der Waals surface area contributed by atoms with E-state index in [9.17, 15) is 14.4 Å². The first-order chi connectivity index (χ1) is 12.1. The number of hydrogen-bond donors (Lipinski definition) is 1. The topological polar surface area (TPSA) is 73.0 Å².